The molecule has 1 aliphatic carbocycles. The van der Waals surface area contributed by atoms with Gasteiger partial charge in [0.25, 0.3) is 0 Å². The molecular weight excluding hydrogens is 384 g/mol. The van der Waals surface area contributed by atoms with E-state index in [1.54, 1.807) is 0 Å². The van der Waals surface area contributed by atoms with Crippen LogP contribution in [-0.2, 0) is 6.42 Å². The molecule has 2 aromatic carbocycles. The second kappa shape index (κ2) is 8.36. The van der Waals surface area contributed by atoms with E-state index < -0.39 is 0 Å². The summed E-state index contributed by atoms with van der Waals surface area (Å²) in [5, 5.41) is 4.34. The minimum absolute atomic E-state index is 0.0652. The highest BCUT2D eigenvalue weighted by atomic mass is 16.1. The van der Waals surface area contributed by atoms with Gasteiger partial charge in [0.1, 0.15) is 5.82 Å². The molecule has 5 heteroatoms. The van der Waals surface area contributed by atoms with Crippen molar-refractivity contribution in [2.24, 2.45) is 0 Å². The molecule has 1 aromatic heterocycles. The number of hydrogen-bond donors (Lipinski definition) is 2. The van der Waals surface area contributed by atoms with Crippen molar-refractivity contribution in [3.63, 3.8) is 0 Å². The van der Waals surface area contributed by atoms with Crippen LogP contribution >= 0.6 is 0 Å². The van der Waals surface area contributed by atoms with E-state index in [9.17, 15) is 4.79 Å². The van der Waals surface area contributed by atoms with Crippen LogP contribution in [0.4, 0.5) is 11.5 Å². The Morgan fingerprint density at radius 3 is 2.74 bits per heavy atom. The SMILES string of the molecule is Nc1ccc(C2=CC=CC2)cc1CC(=O)c1ccc2nc(N3CCNCC3)ccc2c1. The molecule has 0 amide bonds. The maximum atomic E-state index is 13.0. The molecule has 0 atom stereocenters. The van der Waals surface area contributed by atoms with Gasteiger partial charge in [-0.15, -0.1) is 0 Å². The third-order valence-electron chi connectivity index (χ3n) is 6.07. The zero-order chi connectivity index (χ0) is 21.2. The summed E-state index contributed by atoms with van der Waals surface area (Å²) in [4.78, 5) is 20.1. The topological polar surface area (TPSA) is 71.2 Å². The number of rotatable bonds is 5. The summed E-state index contributed by atoms with van der Waals surface area (Å²) in [6.45, 7) is 3.88. The molecule has 156 valence electrons. The van der Waals surface area contributed by atoms with Gasteiger partial charge in [0, 0.05) is 49.2 Å². The molecule has 0 bridgehead atoms. The van der Waals surface area contributed by atoms with E-state index in [0.29, 0.717) is 11.3 Å². The Morgan fingerprint density at radius 2 is 1.94 bits per heavy atom. The third-order valence-corrected chi connectivity index (χ3v) is 6.07. The van der Waals surface area contributed by atoms with Gasteiger partial charge in [-0.2, -0.15) is 0 Å². The van der Waals surface area contributed by atoms with Gasteiger partial charge in [-0.25, -0.2) is 4.98 Å². The molecule has 0 saturated carbocycles. The lowest BCUT2D eigenvalue weighted by Gasteiger charge is -2.28. The number of piperazine rings is 1. The van der Waals surface area contributed by atoms with Gasteiger partial charge in [-0.05, 0) is 65.6 Å². The van der Waals surface area contributed by atoms with Crippen molar-refractivity contribution in [1.29, 1.82) is 0 Å². The van der Waals surface area contributed by atoms with Crippen molar-refractivity contribution >= 4 is 33.8 Å². The molecule has 5 nitrogen and oxygen atoms in total. The summed E-state index contributed by atoms with van der Waals surface area (Å²) < 4.78 is 0. The number of nitrogens with zero attached hydrogens (tertiary/aromatic N) is 2. The van der Waals surface area contributed by atoms with Crippen molar-refractivity contribution in [3.05, 3.63) is 83.4 Å². The van der Waals surface area contributed by atoms with Crippen LogP contribution < -0.4 is 16.0 Å². The van der Waals surface area contributed by atoms with Crippen molar-refractivity contribution < 1.29 is 4.79 Å². The first-order valence-corrected chi connectivity index (χ1v) is 10.8. The van der Waals surface area contributed by atoms with Crippen LogP contribution in [0.3, 0.4) is 0 Å². The zero-order valence-corrected chi connectivity index (χ0v) is 17.5. The quantitative estimate of drug-likeness (QED) is 0.492. The smallest absolute Gasteiger partial charge is 0.167 e. The van der Waals surface area contributed by atoms with Crippen molar-refractivity contribution in [1.82, 2.24) is 10.3 Å². The third kappa shape index (κ3) is 4.09. The van der Waals surface area contributed by atoms with E-state index in [2.05, 4.69) is 40.6 Å². The number of aromatic nitrogens is 1. The lowest BCUT2D eigenvalue weighted by atomic mass is 9.96. The minimum atomic E-state index is 0.0652. The number of hydrogen-bond acceptors (Lipinski definition) is 5. The minimum Gasteiger partial charge on any atom is -0.398 e. The summed E-state index contributed by atoms with van der Waals surface area (Å²) in [6.07, 6.45) is 7.52. The lowest BCUT2D eigenvalue weighted by Crippen LogP contribution is -2.43. The Bertz CT molecular complexity index is 1210. The van der Waals surface area contributed by atoms with Gasteiger partial charge in [0.2, 0.25) is 0 Å². The van der Waals surface area contributed by atoms with Crippen molar-refractivity contribution in [2.45, 2.75) is 12.8 Å². The molecule has 3 aromatic rings. The van der Waals surface area contributed by atoms with Crippen LogP contribution in [0.2, 0.25) is 0 Å². The molecule has 0 radical (unpaired) electrons. The molecule has 3 N–H and O–H groups in total. The predicted octanol–water partition coefficient (Wildman–Crippen LogP) is 4.00. The van der Waals surface area contributed by atoms with Gasteiger partial charge < -0.3 is 16.0 Å². The Kier molecular flexibility index (Phi) is 5.26. The number of benzene rings is 2. The molecule has 5 rings (SSSR count). The second-order valence-corrected chi connectivity index (χ2v) is 8.15. The summed E-state index contributed by atoms with van der Waals surface area (Å²) in [6, 6.07) is 15.9. The van der Waals surface area contributed by atoms with Gasteiger partial charge in [-0.1, -0.05) is 24.3 Å². The van der Waals surface area contributed by atoms with E-state index in [4.69, 9.17) is 10.7 Å². The van der Waals surface area contributed by atoms with Crippen LogP contribution in [0.5, 0.6) is 0 Å². The Balaban J connectivity index is 1.36. The molecular formula is C26H26N4O. The van der Waals surface area contributed by atoms with Crippen molar-refractivity contribution in [2.75, 3.05) is 36.8 Å². The molecule has 31 heavy (non-hydrogen) atoms. The molecule has 0 spiro atoms. The number of carbonyl (C=O) groups excluding carboxylic acids is 1. The number of allylic oxidation sites excluding steroid dienone is 4. The number of nitrogens with one attached hydrogen (secondary N) is 1. The van der Waals surface area contributed by atoms with Gasteiger partial charge in [0.15, 0.2) is 5.78 Å². The average molecular weight is 411 g/mol. The number of anilines is 2. The van der Waals surface area contributed by atoms with Crippen LogP contribution in [-0.4, -0.2) is 36.9 Å². The van der Waals surface area contributed by atoms with E-state index in [1.807, 2.05) is 36.4 Å². The number of ketones is 1. The number of Topliss-reactive ketones (excluding diaryl/α,β-unsaturated/α-hetero) is 1. The molecule has 2 aliphatic rings. The first-order chi connectivity index (χ1) is 15.2. The Hall–Kier alpha value is -3.44. The Morgan fingerprint density at radius 1 is 1.06 bits per heavy atom. The number of carbonyl (C=O) groups is 1. The normalized spacial score (nSPS) is 16.0. The number of nitrogen functional groups attached to an aromatic ring is 1. The average Bonchev–Trinajstić information content (AvgIpc) is 3.35. The summed E-state index contributed by atoms with van der Waals surface area (Å²) in [7, 11) is 0. The van der Waals surface area contributed by atoms with Gasteiger partial charge in [-0.3, -0.25) is 4.79 Å². The largest absolute Gasteiger partial charge is 0.398 e. The highest BCUT2D eigenvalue weighted by Gasteiger charge is 2.15. The highest BCUT2D eigenvalue weighted by molar-refractivity contribution is 6.01. The lowest BCUT2D eigenvalue weighted by molar-refractivity contribution is 0.0993. The van der Waals surface area contributed by atoms with E-state index in [-0.39, 0.29) is 12.2 Å². The fourth-order valence-corrected chi connectivity index (χ4v) is 4.25. The predicted molar refractivity (Wildman–Crippen MR) is 127 cm³/mol. The summed E-state index contributed by atoms with van der Waals surface area (Å²) in [5.74, 6) is 1.06. The molecule has 1 fully saturated rings. The molecule has 0 unspecified atom stereocenters. The van der Waals surface area contributed by atoms with Gasteiger partial charge >= 0.3 is 0 Å². The second-order valence-electron chi connectivity index (χ2n) is 8.15. The summed E-state index contributed by atoms with van der Waals surface area (Å²) >= 11 is 0. The first kappa shape index (κ1) is 19.5. The maximum absolute atomic E-state index is 13.0. The van der Waals surface area contributed by atoms with Crippen LogP contribution in [0.25, 0.3) is 16.5 Å². The zero-order valence-electron chi connectivity index (χ0n) is 17.5. The van der Waals surface area contributed by atoms with Gasteiger partial charge in [0.05, 0.1) is 5.52 Å². The highest BCUT2D eigenvalue weighted by Crippen LogP contribution is 2.27. The first-order valence-electron chi connectivity index (χ1n) is 10.8. The number of nitrogens with two attached hydrogens (primary N) is 1. The fraction of sp³-hybridized carbons (Fsp3) is 0.231. The van der Waals surface area contributed by atoms with Crippen molar-refractivity contribution in [3.8, 4) is 0 Å². The molecule has 2 heterocycles. The maximum Gasteiger partial charge on any atom is 0.167 e. The monoisotopic (exact) mass is 410 g/mol. The standard InChI is InChI=1S/C26H26N4O/c27-23-8-5-19(18-3-1-2-4-18)15-22(23)17-25(31)21-6-9-24-20(16-21)7-10-26(29-24)30-13-11-28-12-14-30/h1-3,5-10,15-16,28H,4,11-14,17,27H2. The number of fused-ring (bicyclic) bond motifs is 1. The summed E-state index contributed by atoms with van der Waals surface area (Å²) in [5.41, 5.74) is 11.7. The van der Waals surface area contributed by atoms with E-state index in [0.717, 1.165) is 60.4 Å². The van der Waals surface area contributed by atoms with Crippen LogP contribution in [0.15, 0.2) is 66.8 Å². The van der Waals surface area contributed by atoms with Crippen LogP contribution in [0.1, 0.15) is 27.9 Å². The fourth-order valence-electron chi connectivity index (χ4n) is 4.25. The van der Waals surface area contributed by atoms with E-state index in [1.165, 1.54) is 5.57 Å². The number of pyridine rings is 1. The Labute approximate surface area is 182 Å². The molecule has 1 saturated heterocycles. The van der Waals surface area contributed by atoms with Crippen LogP contribution in [0, 0.1) is 0 Å². The molecule has 1 aliphatic heterocycles. The van der Waals surface area contributed by atoms with E-state index >= 15 is 0 Å².